The second-order valence-corrected chi connectivity index (χ2v) is 2.74. The van der Waals surface area contributed by atoms with Crippen LogP contribution in [-0.4, -0.2) is 27.1 Å². The average molecular weight is 315 g/mol. The predicted octanol–water partition coefficient (Wildman–Crippen LogP) is 1.53. The van der Waals surface area contributed by atoms with Crippen LogP contribution in [0.3, 0.4) is 0 Å². The minimum atomic E-state index is -0.353. The second-order valence-electron chi connectivity index (χ2n) is 2.74. The molecule has 0 spiro atoms. The van der Waals surface area contributed by atoms with E-state index in [1.165, 1.54) is 27.4 Å². The SMILES string of the molecule is [CH2-]C(=O)c1[c-]c(OC)c(OC)c(OC)c1.[Pd+2]. The van der Waals surface area contributed by atoms with Crippen molar-refractivity contribution in [1.29, 1.82) is 0 Å². The number of carbonyl (C=O) groups excluding carboxylic acids is 1. The summed E-state index contributed by atoms with van der Waals surface area (Å²) in [5.41, 5.74) is 0.296. The zero-order valence-electron chi connectivity index (χ0n) is 9.23. The average Bonchev–Trinajstić information content (AvgIpc) is 2.26. The number of hydrogen-bond donors (Lipinski definition) is 0. The second kappa shape index (κ2) is 6.41. The fourth-order valence-corrected chi connectivity index (χ4v) is 1.16. The van der Waals surface area contributed by atoms with Crippen LogP contribution in [0.25, 0.3) is 0 Å². The van der Waals surface area contributed by atoms with Crippen LogP contribution in [0.5, 0.6) is 17.2 Å². The van der Waals surface area contributed by atoms with Crippen LogP contribution in [0.15, 0.2) is 6.07 Å². The third-order valence-electron chi connectivity index (χ3n) is 1.88. The number of methoxy groups -OCH3 is 3. The third-order valence-corrected chi connectivity index (χ3v) is 1.88. The quantitative estimate of drug-likeness (QED) is 0.480. The van der Waals surface area contributed by atoms with E-state index in [9.17, 15) is 4.79 Å². The van der Waals surface area contributed by atoms with Gasteiger partial charge in [0.1, 0.15) is 5.75 Å². The summed E-state index contributed by atoms with van der Waals surface area (Å²) >= 11 is 0. The van der Waals surface area contributed by atoms with E-state index in [1.807, 2.05) is 0 Å². The van der Waals surface area contributed by atoms with E-state index in [2.05, 4.69) is 13.0 Å². The van der Waals surface area contributed by atoms with E-state index in [0.717, 1.165) is 0 Å². The van der Waals surface area contributed by atoms with Gasteiger partial charge in [0, 0.05) is 0 Å². The van der Waals surface area contributed by atoms with Crippen LogP contribution in [0.2, 0.25) is 0 Å². The number of Topliss-reactive ketones (excluding diaryl/α,β-unsaturated/α-hetero) is 1. The first kappa shape index (κ1) is 14.8. The van der Waals surface area contributed by atoms with Gasteiger partial charge in [-0.1, -0.05) is 5.78 Å². The maximum Gasteiger partial charge on any atom is 2.00 e. The predicted molar refractivity (Wildman–Crippen MR) is 54.6 cm³/mol. The maximum atomic E-state index is 11.1. The summed E-state index contributed by atoms with van der Waals surface area (Å²) in [6.07, 6.45) is 0. The summed E-state index contributed by atoms with van der Waals surface area (Å²) in [7, 11) is 4.43. The van der Waals surface area contributed by atoms with Crippen molar-refractivity contribution < 1.29 is 39.4 Å². The molecule has 0 atom stereocenters. The molecule has 0 saturated carbocycles. The summed E-state index contributed by atoms with van der Waals surface area (Å²) < 4.78 is 15.2. The molecule has 90 valence electrons. The van der Waals surface area contributed by atoms with Crippen molar-refractivity contribution in [3.05, 3.63) is 24.6 Å². The van der Waals surface area contributed by atoms with Crippen LogP contribution in [-0.2, 0) is 20.4 Å². The molecule has 1 rings (SSSR count). The van der Waals surface area contributed by atoms with Gasteiger partial charge < -0.3 is 19.0 Å². The summed E-state index contributed by atoms with van der Waals surface area (Å²) in [5.74, 6) is 0.795. The Morgan fingerprint density at radius 3 is 2.25 bits per heavy atom. The largest absolute Gasteiger partial charge is 2.00 e. The van der Waals surface area contributed by atoms with Crippen LogP contribution in [0.4, 0.5) is 0 Å². The first-order valence-electron chi connectivity index (χ1n) is 4.22. The van der Waals surface area contributed by atoms with E-state index in [4.69, 9.17) is 14.2 Å². The van der Waals surface area contributed by atoms with Gasteiger partial charge in [0.15, 0.2) is 0 Å². The molecule has 0 amide bonds. The molecule has 5 heteroatoms. The molecular weight excluding hydrogens is 303 g/mol. The zero-order valence-corrected chi connectivity index (χ0v) is 10.8. The standard InChI is InChI=1S/C11H12O4.Pd/c1-7(12)8-5-9(13-2)11(15-4)10(6-8)14-3;/h5H,1H2,2-4H3;/q-2;+2. The number of ether oxygens (including phenoxy) is 3. The van der Waals surface area contributed by atoms with Gasteiger partial charge in [-0.25, -0.2) is 6.92 Å². The molecule has 4 nitrogen and oxygen atoms in total. The Kier molecular flexibility index (Phi) is 5.94. The molecule has 0 aliphatic carbocycles. The van der Waals surface area contributed by atoms with Crippen molar-refractivity contribution in [2.75, 3.05) is 21.3 Å². The summed E-state index contributed by atoms with van der Waals surface area (Å²) in [5, 5.41) is 0. The molecule has 0 unspecified atom stereocenters. The zero-order chi connectivity index (χ0) is 11.4. The Bertz CT molecular complexity index is 351. The Morgan fingerprint density at radius 2 is 1.88 bits per heavy atom. The molecule has 0 aromatic heterocycles. The van der Waals surface area contributed by atoms with E-state index >= 15 is 0 Å². The number of ketones is 1. The van der Waals surface area contributed by atoms with Gasteiger partial charge in [0.25, 0.3) is 0 Å². The monoisotopic (exact) mass is 314 g/mol. The minimum Gasteiger partial charge on any atom is -0.533 e. The van der Waals surface area contributed by atoms with Gasteiger partial charge in [-0.3, -0.25) is 5.56 Å². The van der Waals surface area contributed by atoms with Crippen molar-refractivity contribution >= 4 is 5.78 Å². The Labute approximate surface area is 109 Å². The van der Waals surface area contributed by atoms with Crippen LogP contribution in [0.1, 0.15) is 10.4 Å². The van der Waals surface area contributed by atoms with Crippen molar-refractivity contribution in [3.8, 4) is 17.2 Å². The normalized spacial score (nSPS) is 8.94. The van der Waals surface area contributed by atoms with Crippen molar-refractivity contribution in [2.45, 2.75) is 0 Å². The van der Waals surface area contributed by atoms with Crippen molar-refractivity contribution in [3.63, 3.8) is 0 Å². The molecule has 0 N–H and O–H groups in total. The first-order valence-corrected chi connectivity index (χ1v) is 4.22. The molecule has 0 fully saturated rings. The van der Waals surface area contributed by atoms with E-state index in [1.54, 1.807) is 0 Å². The van der Waals surface area contributed by atoms with Crippen molar-refractivity contribution in [2.24, 2.45) is 0 Å². The molecule has 0 saturated heterocycles. The molecule has 0 radical (unpaired) electrons. The van der Waals surface area contributed by atoms with E-state index < -0.39 is 0 Å². The molecule has 0 heterocycles. The summed E-state index contributed by atoms with van der Waals surface area (Å²) in [6, 6.07) is 4.26. The number of carbonyl (C=O) groups is 1. The molecule has 0 bridgehead atoms. The van der Waals surface area contributed by atoms with Crippen LogP contribution < -0.4 is 14.2 Å². The molecule has 0 aliphatic rings. The molecule has 0 aliphatic heterocycles. The van der Waals surface area contributed by atoms with Gasteiger partial charge in [0.2, 0.25) is 0 Å². The van der Waals surface area contributed by atoms with Gasteiger partial charge in [0.05, 0.1) is 32.8 Å². The number of benzene rings is 1. The van der Waals surface area contributed by atoms with Gasteiger partial charge in [-0.05, 0) is 0 Å². The van der Waals surface area contributed by atoms with Gasteiger partial charge in [-0.2, -0.15) is 12.1 Å². The van der Waals surface area contributed by atoms with E-state index in [0.29, 0.717) is 22.8 Å². The Morgan fingerprint density at radius 1 is 1.25 bits per heavy atom. The first-order chi connectivity index (χ1) is 7.13. The molecule has 1 aromatic rings. The van der Waals surface area contributed by atoms with Crippen LogP contribution in [0, 0.1) is 13.0 Å². The fourth-order valence-electron chi connectivity index (χ4n) is 1.16. The van der Waals surface area contributed by atoms with Gasteiger partial charge in [-0.15, -0.1) is 0 Å². The maximum absolute atomic E-state index is 11.1. The Balaban J connectivity index is 0.00000225. The Hall–Kier alpha value is -1.18. The molecule has 1 aromatic carbocycles. The third kappa shape index (κ3) is 2.91. The smallest absolute Gasteiger partial charge is 0.533 e. The number of hydrogen-bond acceptors (Lipinski definition) is 4. The molecule has 16 heavy (non-hydrogen) atoms. The topological polar surface area (TPSA) is 44.8 Å². The van der Waals surface area contributed by atoms with Crippen LogP contribution >= 0.6 is 0 Å². The fraction of sp³-hybridized carbons (Fsp3) is 0.273. The van der Waals surface area contributed by atoms with Gasteiger partial charge >= 0.3 is 20.4 Å². The van der Waals surface area contributed by atoms with Crippen molar-refractivity contribution in [1.82, 2.24) is 0 Å². The summed E-state index contributed by atoms with van der Waals surface area (Å²) in [6.45, 7) is 3.29. The number of rotatable bonds is 4. The summed E-state index contributed by atoms with van der Waals surface area (Å²) in [4.78, 5) is 11.1. The van der Waals surface area contributed by atoms with E-state index in [-0.39, 0.29) is 26.2 Å². The minimum absolute atomic E-state index is 0. The molecular formula is C11H12O4Pd.